The molecule has 4 heterocycles. The Bertz CT molecular complexity index is 1250. The zero-order valence-corrected chi connectivity index (χ0v) is 19.1. The Balaban J connectivity index is 1.30. The lowest BCUT2D eigenvalue weighted by Gasteiger charge is -2.60. The zero-order chi connectivity index (χ0) is 21.9. The van der Waals surface area contributed by atoms with Gasteiger partial charge in [0.05, 0.1) is 22.8 Å². The van der Waals surface area contributed by atoms with Gasteiger partial charge in [-0.1, -0.05) is 18.0 Å². The van der Waals surface area contributed by atoms with Gasteiger partial charge >= 0.3 is 0 Å². The van der Waals surface area contributed by atoms with Crippen LogP contribution in [0.2, 0.25) is 0 Å². The number of fused-ring (bicyclic) bond motifs is 2. The van der Waals surface area contributed by atoms with E-state index in [9.17, 15) is 5.26 Å². The van der Waals surface area contributed by atoms with Crippen molar-refractivity contribution in [3.05, 3.63) is 53.2 Å². The lowest BCUT2D eigenvalue weighted by Crippen LogP contribution is -2.71. The molecule has 32 heavy (non-hydrogen) atoms. The smallest absolute Gasteiger partial charge is 0.227 e. The third-order valence-corrected chi connectivity index (χ3v) is 7.58. The standard InChI is InChI=1S/C24H25N7S/c1-29-12-24(13-29)14-30(15-24)21-6-16(8-25)5-18-9-26-23(28-22(18)21)27-20-4-3-17-10-31(32-2)11-19(17)7-20/h3-7,9H,10-15H2,1-2H3,(H,26,27,28). The van der Waals surface area contributed by atoms with Gasteiger partial charge in [-0.05, 0) is 48.7 Å². The molecule has 1 aromatic heterocycles. The summed E-state index contributed by atoms with van der Waals surface area (Å²) >= 11 is 1.78. The Hall–Kier alpha value is -2.86. The summed E-state index contributed by atoms with van der Waals surface area (Å²) in [5.74, 6) is 0.585. The fourth-order valence-corrected chi connectivity index (χ4v) is 5.96. The Morgan fingerprint density at radius 3 is 2.66 bits per heavy atom. The number of likely N-dealkylation sites (tertiary alicyclic amines) is 1. The maximum atomic E-state index is 9.52. The molecule has 0 amide bonds. The van der Waals surface area contributed by atoms with E-state index >= 15 is 0 Å². The number of hydrogen-bond donors (Lipinski definition) is 1. The minimum atomic E-state index is 0.410. The second-order valence-corrected chi connectivity index (χ2v) is 10.2. The molecule has 2 aromatic carbocycles. The molecule has 7 nitrogen and oxygen atoms in total. The van der Waals surface area contributed by atoms with Crippen LogP contribution in [0.5, 0.6) is 0 Å². The van der Waals surface area contributed by atoms with Gasteiger partial charge in [-0.25, -0.2) is 14.3 Å². The molecule has 1 N–H and O–H groups in total. The third kappa shape index (κ3) is 3.28. The van der Waals surface area contributed by atoms with Crippen LogP contribution in [0.1, 0.15) is 16.7 Å². The molecule has 0 bridgehead atoms. The molecular weight excluding hydrogens is 418 g/mol. The summed E-state index contributed by atoms with van der Waals surface area (Å²) in [6, 6.07) is 12.6. The molecule has 0 aliphatic carbocycles. The van der Waals surface area contributed by atoms with Gasteiger partial charge < -0.3 is 15.1 Å². The molecule has 3 aliphatic heterocycles. The normalized spacial score (nSPS) is 19.5. The van der Waals surface area contributed by atoms with E-state index in [4.69, 9.17) is 4.98 Å². The predicted octanol–water partition coefficient (Wildman–Crippen LogP) is 3.59. The van der Waals surface area contributed by atoms with Crippen LogP contribution in [0.4, 0.5) is 17.3 Å². The molecule has 2 fully saturated rings. The van der Waals surface area contributed by atoms with Crippen LogP contribution in [0.15, 0.2) is 36.5 Å². The van der Waals surface area contributed by atoms with E-state index < -0.39 is 0 Å². The predicted molar refractivity (Wildman–Crippen MR) is 129 cm³/mol. The van der Waals surface area contributed by atoms with Crippen molar-refractivity contribution >= 4 is 40.2 Å². The van der Waals surface area contributed by atoms with E-state index in [0.29, 0.717) is 16.9 Å². The van der Waals surface area contributed by atoms with Gasteiger partial charge in [0.2, 0.25) is 5.95 Å². The first kappa shape index (κ1) is 19.8. The van der Waals surface area contributed by atoms with E-state index in [0.717, 1.165) is 61.5 Å². The quantitative estimate of drug-likeness (QED) is 0.614. The number of rotatable bonds is 4. The lowest BCUT2D eigenvalue weighted by molar-refractivity contribution is -0.00226. The maximum Gasteiger partial charge on any atom is 0.227 e. The second-order valence-electron chi connectivity index (χ2n) is 9.36. The number of nitriles is 1. The summed E-state index contributed by atoms with van der Waals surface area (Å²) in [6.07, 6.45) is 3.94. The molecule has 0 atom stereocenters. The van der Waals surface area contributed by atoms with E-state index in [1.807, 2.05) is 18.3 Å². The summed E-state index contributed by atoms with van der Waals surface area (Å²) in [5.41, 5.74) is 6.73. The van der Waals surface area contributed by atoms with Crippen molar-refractivity contribution in [1.82, 2.24) is 19.2 Å². The number of benzene rings is 2. The van der Waals surface area contributed by atoms with Gasteiger partial charge in [0.1, 0.15) is 0 Å². The van der Waals surface area contributed by atoms with Crippen molar-refractivity contribution in [2.75, 3.05) is 49.7 Å². The summed E-state index contributed by atoms with van der Waals surface area (Å²) in [6.45, 7) is 6.27. The summed E-state index contributed by atoms with van der Waals surface area (Å²) in [7, 11) is 2.17. The summed E-state index contributed by atoms with van der Waals surface area (Å²) < 4.78 is 2.35. The van der Waals surface area contributed by atoms with Gasteiger partial charge in [-0.3, -0.25) is 0 Å². The monoisotopic (exact) mass is 443 g/mol. The number of aromatic nitrogens is 2. The molecule has 6 rings (SSSR count). The van der Waals surface area contributed by atoms with Crippen molar-refractivity contribution in [3.63, 3.8) is 0 Å². The number of anilines is 3. The molecule has 0 radical (unpaired) electrons. The summed E-state index contributed by atoms with van der Waals surface area (Å²) in [4.78, 5) is 14.1. The highest BCUT2D eigenvalue weighted by atomic mass is 32.2. The van der Waals surface area contributed by atoms with E-state index in [-0.39, 0.29) is 0 Å². The van der Waals surface area contributed by atoms with Crippen molar-refractivity contribution in [1.29, 1.82) is 5.26 Å². The number of nitrogens with one attached hydrogen (secondary N) is 1. The average Bonchev–Trinajstić information content (AvgIpc) is 3.17. The fourth-order valence-electron chi connectivity index (χ4n) is 5.42. The Morgan fingerprint density at radius 1 is 1.09 bits per heavy atom. The first-order valence-electron chi connectivity index (χ1n) is 10.9. The highest BCUT2D eigenvalue weighted by Gasteiger charge is 2.50. The van der Waals surface area contributed by atoms with Crippen molar-refractivity contribution in [3.8, 4) is 6.07 Å². The molecule has 2 saturated heterocycles. The Kier molecular flexibility index (Phi) is 4.54. The van der Waals surface area contributed by atoms with Crippen LogP contribution in [0.25, 0.3) is 10.9 Å². The molecule has 8 heteroatoms. The molecule has 3 aliphatic rings. The van der Waals surface area contributed by atoms with E-state index in [2.05, 4.69) is 62.0 Å². The second kappa shape index (κ2) is 7.34. The first-order valence-corrected chi connectivity index (χ1v) is 12.0. The van der Waals surface area contributed by atoms with Crippen LogP contribution in [-0.2, 0) is 13.1 Å². The Morgan fingerprint density at radius 2 is 1.91 bits per heavy atom. The van der Waals surface area contributed by atoms with Crippen molar-refractivity contribution < 1.29 is 0 Å². The number of nitrogens with zero attached hydrogens (tertiary/aromatic N) is 6. The molecular formula is C24H25N7S. The van der Waals surface area contributed by atoms with Gasteiger partial charge in [-0.15, -0.1) is 0 Å². The minimum absolute atomic E-state index is 0.410. The third-order valence-electron chi connectivity index (χ3n) is 6.81. The molecule has 0 unspecified atom stereocenters. The van der Waals surface area contributed by atoms with E-state index in [1.165, 1.54) is 11.1 Å². The first-order chi connectivity index (χ1) is 15.5. The average molecular weight is 444 g/mol. The highest BCUT2D eigenvalue weighted by molar-refractivity contribution is 7.96. The van der Waals surface area contributed by atoms with Crippen LogP contribution >= 0.6 is 11.9 Å². The van der Waals surface area contributed by atoms with Crippen LogP contribution in [-0.4, -0.2) is 58.7 Å². The molecule has 162 valence electrons. The topological polar surface area (TPSA) is 71.3 Å². The van der Waals surface area contributed by atoms with Crippen molar-refractivity contribution in [2.24, 2.45) is 5.41 Å². The van der Waals surface area contributed by atoms with E-state index in [1.54, 1.807) is 11.9 Å². The summed E-state index contributed by atoms with van der Waals surface area (Å²) in [5, 5.41) is 13.8. The molecule has 3 aromatic rings. The molecule has 1 spiro atoms. The largest absolute Gasteiger partial charge is 0.368 e. The van der Waals surface area contributed by atoms with Crippen molar-refractivity contribution in [2.45, 2.75) is 13.1 Å². The zero-order valence-electron chi connectivity index (χ0n) is 18.3. The SMILES string of the molecule is CSN1Cc2ccc(Nc3ncc4cc(C#N)cc(N5CC6(CN(C)C6)C5)c4n3)cc2C1. The van der Waals surface area contributed by atoms with Crippen LogP contribution in [0, 0.1) is 16.7 Å². The molecule has 0 saturated carbocycles. The fraction of sp³-hybridized carbons (Fsp3) is 0.375. The van der Waals surface area contributed by atoms with Crippen LogP contribution in [0.3, 0.4) is 0 Å². The van der Waals surface area contributed by atoms with Gasteiger partial charge in [0, 0.05) is 62.0 Å². The number of hydrogen-bond acceptors (Lipinski definition) is 8. The Labute approximate surface area is 192 Å². The van der Waals surface area contributed by atoms with Gasteiger partial charge in [0.25, 0.3) is 0 Å². The maximum absolute atomic E-state index is 9.52. The lowest BCUT2D eigenvalue weighted by atomic mass is 9.73. The van der Waals surface area contributed by atoms with Gasteiger partial charge in [-0.2, -0.15) is 5.26 Å². The van der Waals surface area contributed by atoms with Gasteiger partial charge in [0.15, 0.2) is 0 Å². The van der Waals surface area contributed by atoms with Crippen LogP contribution < -0.4 is 10.2 Å². The highest BCUT2D eigenvalue weighted by Crippen LogP contribution is 2.43. The minimum Gasteiger partial charge on any atom is -0.368 e.